The fraction of sp³-hybridized carbons (Fsp3) is 0.667. The summed E-state index contributed by atoms with van der Waals surface area (Å²) in [6, 6.07) is 1.05. The van der Waals surface area contributed by atoms with Gasteiger partial charge >= 0.3 is 5.97 Å². The predicted octanol–water partition coefficient (Wildman–Crippen LogP) is 1.21. The molecule has 1 aliphatic heterocycles. The molecule has 7 N–H and O–H groups in total. The molecular formula is C21H29ClO9. The normalized spacial score (nSPS) is 33.5. The average Bonchev–Trinajstić information content (AvgIpc) is 2.67. The maximum absolute atomic E-state index is 11.7. The number of benzene rings is 1. The highest BCUT2D eigenvalue weighted by molar-refractivity contribution is 6.22. The van der Waals surface area contributed by atoms with Gasteiger partial charge in [-0.25, -0.2) is 0 Å². The summed E-state index contributed by atoms with van der Waals surface area (Å²) in [5.74, 6) is -6.22. The van der Waals surface area contributed by atoms with Crippen molar-refractivity contribution in [2.75, 3.05) is 0 Å². The third kappa shape index (κ3) is 3.72. The number of aliphatic carboxylic acids is 1. The maximum atomic E-state index is 11.7. The number of carbonyl (C=O) groups is 1. The molecule has 9 nitrogen and oxygen atoms in total. The summed E-state index contributed by atoms with van der Waals surface area (Å²) in [6.45, 7) is 4.98. The number of phenols is 2. The van der Waals surface area contributed by atoms with E-state index in [-0.39, 0.29) is 23.3 Å². The molecule has 174 valence electrons. The molecule has 1 aliphatic carbocycles. The van der Waals surface area contributed by atoms with Gasteiger partial charge in [-0.2, -0.15) is 0 Å². The van der Waals surface area contributed by atoms with Crippen molar-refractivity contribution in [1.82, 2.24) is 0 Å². The van der Waals surface area contributed by atoms with Gasteiger partial charge in [-0.1, -0.05) is 13.3 Å². The minimum absolute atomic E-state index is 0.0795. The Morgan fingerprint density at radius 2 is 1.84 bits per heavy atom. The molecule has 1 aromatic carbocycles. The summed E-state index contributed by atoms with van der Waals surface area (Å²) in [7, 11) is 0. The molecule has 8 atom stereocenters. The molecule has 1 fully saturated rings. The Labute approximate surface area is 184 Å². The van der Waals surface area contributed by atoms with E-state index in [2.05, 4.69) is 0 Å². The van der Waals surface area contributed by atoms with E-state index in [4.69, 9.17) is 16.3 Å². The predicted molar refractivity (Wildman–Crippen MR) is 109 cm³/mol. The van der Waals surface area contributed by atoms with Crippen molar-refractivity contribution in [3.63, 3.8) is 0 Å². The topological polar surface area (TPSA) is 168 Å². The summed E-state index contributed by atoms with van der Waals surface area (Å²) in [6.07, 6.45) is -4.88. The molecule has 1 aromatic rings. The Kier molecular flexibility index (Phi) is 6.38. The van der Waals surface area contributed by atoms with Crippen molar-refractivity contribution < 1.29 is 45.3 Å². The van der Waals surface area contributed by atoms with Gasteiger partial charge in [0, 0.05) is 23.0 Å². The number of aromatic hydroxyl groups is 2. The first-order chi connectivity index (χ1) is 14.3. The number of alkyl halides is 1. The molecule has 0 amide bonds. The third-order valence-corrected chi connectivity index (χ3v) is 7.04. The Morgan fingerprint density at radius 1 is 1.23 bits per heavy atom. The maximum Gasteiger partial charge on any atom is 0.310 e. The minimum Gasteiger partial charge on any atom is -0.508 e. The van der Waals surface area contributed by atoms with Crippen LogP contribution in [-0.2, 0) is 4.79 Å². The second-order valence-electron chi connectivity index (χ2n) is 8.92. The monoisotopic (exact) mass is 460 g/mol. The van der Waals surface area contributed by atoms with Crippen LogP contribution in [0.25, 0.3) is 0 Å². The lowest BCUT2D eigenvalue weighted by atomic mass is 9.60. The van der Waals surface area contributed by atoms with Crippen molar-refractivity contribution >= 4 is 17.6 Å². The first kappa shape index (κ1) is 23.9. The number of fused-ring (bicyclic) bond motifs is 3. The Bertz CT molecular complexity index is 858. The summed E-state index contributed by atoms with van der Waals surface area (Å²) >= 11 is 6.18. The zero-order valence-electron chi connectivity index (χ0n) is 17.4. The van der Waals surface area contributed by atoms with Crippen LogP contribution in [0, 0.1) is 11.8 Å². The molecule has 0 aromatic heterocycles. The Morgan fingerprint density at radius 3 is 2.39 bits per heavy atom. The van der Waals surface area contributed by atoms with E-state index in [0.717, 1.165) is 6.07 Å². The van der Waals surface area contributed by atoms with Crippen LogP contribution in [0.4, 0.5) is 0 Å². The summed E-state index contributed by atoms with van der Waals surface area (Å²) in [5, 5.41) is 72.2. The van der Waals surface area contributed by atoms with Gasteiger partial charge in [0.25, 0.3) is 0 Å². The molecule has 2 aliphatic rings. The SMILES string of the molecule is CCCC(O)C(O)c1cc(O)c2c(c1O)OC(C)(C)C1C(O)C(Cl)C(C(=O)O)C(O)C21. The van der Waals surface area contributed by atoms with Crippen molar-refractivity contribution in [3.05, 3.63) is 17.2 Å². The number of hydrogen-bond acceptors (Lipinski definition) is 8. The van der Waals surface area contributed by atoms with Gasteiger partial charge in [-0.3, -0.25) is 4.79 Å². The second kappa shape index (κ2) is 8.29. The molecule has 31 heavy (non-hydrogen) atoms. The fourth-order valence-corrected chi connectivity index (χ4v) is 5.45. The highest BCUT2D eigenvalue weighted by atomic mass is 35.5. The lowest BCUT2D eigenvalue weighted by molar-refractivity contribution is -0.163. The van der Waals surface area contributed by atoms with E-state index < -0.39 is 70.6 Å². The number of carboxylic acids is 1. The van der Waals surface area contributed by atoms with E-state index in [1.807, 2.05) is 6.92 Å². The lowest BCUT2D eigenvalue weighted by Gasteiger charge is -2.53. The van der Waals surface area contributed by atoms with Crippen LogP contribution in [0.5, 0.6) is 17.2 Å². The van der Waals surface area contributed by atoms with E-state index in [1.165, 1.54) is 0 Å². The number of carboxylic acid groups (broad SMARTS) is 1. The molecule has 8 unspecified atom stereocenters. The van der Waals surface area contributed by atoms with Gasteiger partial charge in [-0.05, 0) is 26.3 Å². The van der Waals surface area contributed by atoms with Gasteiger partial charge in [0.15, 0.2) is 11.5 Å². The fourth-order valence-electron chi connectivity index (χ4n) is 5.03. The van der Waals surface area contributed by atoms with Crippen LogP contribution in [0.1, 0.15) is 56.8 Å². The average molecular weight is 461 g/mol. The standard InChI is InChI=1S/C21H29ClO9/c1-4-5-8(23)15(25)7-6-9(24)10-11-13(21(2,3)31-19(10)16(7)26)18(28)14(22)12(17(11)27)20(29)30/h6,8,11-15,17-18,23-28H,4-5H2,1-3H3,(H,29,30). The number of hydrogen-bond donors (Lipinski definition) is 7. The molecule has 0 radical (unpaired) electrons. The lowest BCUT2D eigenvalue weighted by Crippen LogP contribution is -2.62. The van der Waals surface area contributed by atoms with Crippen molar-refractivity contribution in [3.8, 4) is 17.2 Å². The van der Waals surface area contributed by atoms with E-state index in [9.17, 15) is 40.5 Å². The van der Waals surface area contributed by atoms with Crippen LogP contribution in [0.3, 0.4) is 0 Å². The van der Waals surface area contributed by atoms with E-state index in [1.54, 1.807) is 13.8 Å². The molecule has 0 bridgehead atoms. The second-order valence-corrected chi connectivity index (χ2v) is 9.43. The highest BCUT2D eigenvalue weighted by Gasteiger charge is 2.61. The minimum atomic E-state index is -1.60. The van der Waals surface area contributed by atoms with Crippen LogP contribution >= 0.6 is 11.6 Å². The number of ether oxygens (including phenoxy) is 1. The zero-order valence-corrected chi connectivity index (χ0v) is 18.2. The smallest absolute Gasteiger partial charge is 0.310 e. The largest absolute Gasteiger partial charge is 0.508 e. The molecule has 10 heteroatoms. The van der Waals surface area contributed by atoms with Gasteiger partial charge in [0.1, 0.15) is 23.4 Å². The quantitative estimate of drug-likeness (QED) is 0.252. The van der Waals surface area contributed by atoms with Crippen molar-refractivity contribution in [1.29, 1.82) is 0 Å². The summed E-state index contributed by atoms with van der Waals surface area (Å²) < 4.78 is 5.91. The van der Waals surface area contributed by atoms with Gasteiger partial charge in [-0.15, -0.1) is 11.6 Å². The molecular weight excluding hydrogens is 432 g/mol. The van der Waals surface area contributed by atoms with Crippen molar-refractivity contribution in [2.45, 2.75) is 74.9 Å². The Balaban J connectivity index is 2.20. The summed E-state index contributed by atoms with van der Waals surface area (Å²) in [4.78, 5) is 11.7. The van der Waals surface area contributed by atoms with Crippen LogP contribution in [0.15, 0.2) is 6.07 Å². The van der Waals surface area contributed by atoms with E-state index >= 15 is 0 Å². The number of rotatable bonds is 5. The first-order valence-electron chi connectivity index (χ1n) is 10.2. The first-order valence-corrected chi connectivity index (χ1v) is 10.7. The molecule has 1 heterocycles. The molecule has 1 saturated carbocycles. The van der Waals surface area contributed by atoms with Crippen LogP contribution in [0.2, 0.25) is 0 Å². The Hall–Kier alpha value is -1.78. The molecule has 3 rings (SSSR count). The zero-order chi connectivity index (χ0) is 23.4. The molecule has 0 spiro atoms. The summed E-state index contributed by atoms with van der Waals surface area (Å²) in [5.41, 5.74) is -1.48. The number of aliphatic hydroxyl groups is 4. The highest BCUT2D eigenvalue weighted by Crippen LogP contribution is 2.59. The van der Waals surface area contributed by atoms with Crippen LogP contribution in [-0.4, -0.2) is 71.0 Å². The van der Waals surface area contributed by atoms with Crippen LogP contribution < -0.4 is 4.74 Å². The number of phenolic OH excluding ortho intramolecular Hbond substituents is 2. The third-order valence-electron chi connectivity index (χ3n) is 6.52. The van der Waals surface area contributed by atoms with Gasteiger partial charge < -0.3 is 40.5 Å². The number of aliphatic hydroxyl groups excluding tert-OH is 4. The molecule has 0 saturated heterocycles. The van der Waals surface area contributed by atoms with Gasteiger partial charge in [0.05, 0.1) is 23.7 Å². The van der Waals surface area contributed by atoms with Gasteiger partial charge in [0.2, 0.25) is 0 Å². The number of halogens is 1. The van der Waals surface area contributed by atoms with E-state index in [0.29, 0.717) is 6.42 Å². The van der Waals surface area contributed by atoms with Crippen molar-refractivity contribution in [2.24, 2.45) is 11.8 Å².